The number of esters is 3. The van der Waals surface area contributed by atoms with Crippen LogP contribution in [0.4, 0.5) is 0 Å². The predicted molar refractivity (Wildman–Crippen MR) is 334 cm³/mol. The zero-order valence-corrected chi connectivity index (χ0v) is 50.7. The second kappa shape index (κ2) is 64.9. The summed E-state index contributed by atoms with van der Waals surface area (Å²) in [5.74, 6) is -0.900. The molecule has 0 fully saturated rings. The summed E-state index contributed by atoms with van der Waals surface area (Å²) in [5.41, 5.74) is 0. The number of hydrogen-bond donors (Lipinski definition) is 0. The molecule has 0 amide bonds. The Bertz CT molecular complexity index is 1510. The van der Waals surface area contributed by atoms with Gasteiger partial charge in [0.15, 0.2) is 6.10 Å². The van der Waals surface area contributed by atoms with Crippen LogP contribution in [0.15, 0.2) is 97.2 Å². The van der Waals surface area contributed by atoms with Crippen molar-refractivity contribution in [3.05, 3.63) is 97.2 Å². The van der Waals surface area contributed by atoms with Gasteiger partial charge in [-0.15, -0.1) is 0 Å². The minimum absolute atomic E-state index is 0.0843. The van der Waals surface area contributed by atoms with Gasteiger partial charge in [0.25, 0.3) is 0 Å². The zero-order valence-electron chi connectivity index (χ0n) is 50.7. The molecule has 0 saturated carbocycles. The van der Waals surface area contributed by atoms with Crippen molar-refractivity contribution >= 4 is 17.9 Å². The second-order valence-corrected chi connectivity index (χ2v) is 21.6. The first-order chi connectivity index (χ1) is 38.0. The van der Waals surface area contributed by atoms with Gasteiger partial charge in [0.2, 0.25) is 0 Å². The fraction of sp³-hybridized carbons (Fsp3) is 0.732. The van der Waals surface area contributed by atoms with Crippen LogP contribution in [0.25, 0.3) is 0 Å². The Morgan fingerprint density at radius 3 is 0.805 bits per heavy atom. The molecule has 0 aliphatic heterocycles. The Labute approximate surface area is 477 Å². The van der Waals surface area contributed by atoms with Crippen LogP contribution in [0.1, 0.15) is 316 Å². The van der Waals surface area contributed by atoms with E-state index in [1.165, 1.54) is 141 Å². The molecule has 1 atom stereocenters. The zero-order chi connectivity index (χ0) is 55.7. The maximum absolute atomic E-state index is 12.9. The van der Waals surface area contributed by atoms with Crippen molar-refractivity contribution in [2.75, 3.05) is 13.2 Å². The lowest BCUT2D eigenvalue weighted by Gasteiger charge is -2.18. The van der Waals surface area contributed by atoms with Crippen molar-refractivity contribution in [3.63, 3.8) is 0 Å². The van der Waals surface area contributed by atoms with Gasteiger partial charge in [0.1, 0.15) is 13.2 Å². The Morgan fingerprint density at radius 1 is 0.273 bits per heavy atom. The Morgan fingerprint density at radius 2 is 0.506 bits per heavy atom. The van der Waals surface area contributed by atoms with E-state index in [0.29, 0.717) is 19.3 Å². The molecule has 0 aromatic rings. The average Bonchev–Trinajstić information content (AvgIpc) is 3.43. The maximum atomic E-state index is 12.9. The number of rotatable bonds is 59. The first-order valence-electron chi connectivity index (χ1n) is 32.7. The predicted octanol–water partition coefficient (Wildman–Crippen LogP) is 22.4. The van der Waals surface area contributed by atoms with E-state index >= 15 is 0 Å². The van der Waals surface area contributed by atoms with E-state index in [1.54, 1.807) is 0 Å². The van der Waals surface area contributed by atoms with Crippen LogP contribution in [0.2, 0.25) is 0 Å². The monoisotopic (exact) mass is 1070 g/mol. The summed E-state index contributed by atoms with van der Waals surface area (Å²) in [6, 6.07) is 0. The van der Waals surface area contributed by atoms with E-state index < -0.39 is 6.10 Å². The van der Waals surface area contributed by atoms with Crippen LogP contribution in [-0.2, 0) is 28.6 Å². The van der Waals surface area contributed by atoms with Gasteiger partial charge in [-0.25, -0.2) is 0 Å². The molecular formula is C71H122O6. The molecule has 0 heterocycles. The van der Waals surface area contributed by atoms with Crippen LogP contribution in [-0.4, -0.2) is 37.2 Å². The fourth-order valence-electron chi connectivity index (χ4n) is 9.18. The molecule has 0 spiro atoms. The van der Waals surface area contributed by atoms with Crippen LogP contribution in [0.5, 0.6) is 0 Å². The summed E-state index contributed by atoms with van der Waals surface area (Å²) in [7, 11) is 0. The number of carbonyl (C=O) groups is 3. The van der Waals surface area contributed by atoms with E-state index in [2.05, 4.69) is 118 Å². The average molecular weight is 1070 g/mol. The van der Waals surface area contributed by atoms with Crippen molar-refractivity contribution in [1.29, 1.82) is 0 Å². The van der Waals surface area contributed by atoms with Gasteiger partial charge >= 0.3 is 17.9 Å². The Balaban J connectivity index is 4.38. The summed E-state index contributed by atoms with van der Waals surface area (Å²) >= 11 is 0. The minimum atomic E-state index is -0.790. The normalized spacial score (nSPS) is 12.7. The maximum Gasteiger partial charge on any atom is 0.306 e. The molecule has 0 rings (SSSR count). The standard InChI is InChI=1S/C71H122O6/c1-4-7-10-13-16-19-22-25-28-31-32-33-34-35-36-37-38-39-40-41-44-46-49-52-55-58-61-64-70(73)76-67-68(77-71(74)65-62-59-56-53-50-47-43-30-27-24-21-18-15-12-9-6-3)66-75-69(72)63-60-57-54-51-48-45-42-29-26-23-20-17-14-11-8-5-2/h7,10,16,19,25,28,30,32-33,35-36,38-39,41,43-44,68H,4-6,8-9,11-15,17-18,20-24,26-27,29,31,34,37,40,42,45-67H2,1-3H3/b10-7-,19-16-,28-25-,33-32-,36-35-,39-38-,43-30-,44-41-. The van der Waals surface area contributed by atoms with E-state index in [0.717, 1.165) is 135 Å². The van der Waals surface area contributed by atoms with Crippen LogP contribution in [0.3, 0.4) is 0 Å². The second-order valence-electron chi connectivity index (χ2n) is 21.6. The van der Waals surface area contributed by atoms with Gasteiger partial charge in [-0.2, -0.15) is 0 Å². The molecule has 442 valence electrons. The lowest BCUT2D eigenvalue weighted by Crippen LogP contribution is -2.30. The number of carbonyl (C=O) groups excluding carboxylic acids is 3. The molecule has 0 aromatic carbocycles. The molecular weight excluding hydrogens is 949 g/mol. The highest BCUT2D eigenvalue weighted by Gasteiger charge is 2.19. The SMILES string of the molecule is CC/C=C\C/C=C\C/C=C\C/C=C\C/C=C\C/C=C\C/C=C\CCCCCCCC(=O)OCC(COC(=O)CCCCCCCCCCCCCCCCCC)OC(=O)CCCCCCC/C=C\CCCCCCCCC. The van der Waals surface area contributed by atoms with E-state index in [1.807, 2.05) is 0 Å². The Hall–Kier alpha value is -3.67. The lowest BCUT2D eigenvalue weighted by molar-refractivity contribution is -0.167. The summed E-state index contributed by atoms with van der Waals surface area (Å²) in [5, 5.41) is 0. The molecule has 0 aliphatic carbocycles. The van der Waals surface area contributed by atoms with Crippen LogP contribution >= 0.6 is 0 Å². The number of hydrogen-bond acceptors (Lipinski definition) is 6. The van der Waals surface area contributed by atoms with Gasteiger partial charge in [-0.1, -0.05) is 291 Å². The summed E-state index contributed by atoms with van der Waals surface area (Å²) < 4.78 is 16.9. The molecule has 1 unspecified atom stereocenters. The third-order valence-electron chi connectivity index (χ3n) is 14.1. The van der Waals surface area contributed by atoms with Gasteiger partial charge in [-0.3, -0.25) is 14.4 Å². The fourth-order valence-corrected chi connectivity index (χ4v) is 9.18. The molecule has 0 aliphatic rings. The van der Waals surface area contributed by atoms with Crippen molar-refractivity contribution < 1.29 is 28.6 Å². The molecule has 0 N–H and O–H groups in total. The van der Waals surface area contributed by atoms with E-state index in [9.17, 15) is 14.4 Å². The summed E-state index contributed by atoms with van der Waals surface area (Å²) in [6.45, 7) is 6.53. The van der Waals surface area contributed by atoms with Crippen molar-refractivity contribution in [1.82, 2.24) is 0 Å². The molecule has 77 heavy (non-hydrogen) atoms. The van der Waals surface area contributed by atoms with Gasteiger partial charge in [-0.05, 0) is 103 Å². The Kier molecular flexibility index (Phi) is 61.8. The summed E-state index contributed by atoms with van der Waals surface area (Å²) in [6.07, 6.45) is 86.9. The summed E-state index contributed by atoms with van der Waals surface area (Å²) in [4.78, 5) is 38.3. The van der Waals surface area contributed by atoms with E-state index in [-0.39, 0.29) is 31.1 Å². The molecule has 6 heteroatoms. The number of allylic oxidation sites excluding steroid dienone is 16. The quantitative estimate of drug-likeness (QED) is 0.0261. The smallest absolute Gasteiger partial charge is 0.306 e. The molecule has 6 nitrogen and oxygen atoms in total. The molecule has 0 bridgehead atoms. The van der Waals surface area contributed by atoms with Crippen molar-refractivity contribution in [3.8, 4) is 0 Å². The van der Waals surface area contributed by atoms with Gasteiger partial charge in [0, 0.05) is 19.3 Å². The van der Waals surface area contributed by atoms with Crippen LogP contribution in [0, 0.1) is 0 Å². The highest BCUT2D eigenvalue weighted by Crippen LogP contribution is 2.16. The van der Waals surface area contributed by atoms with E-state index in [4.69, 9.17) is 14.2 Å². The van der Waals surface area contributed by atoms with Gasteiger partial charge in [0.05, 0.1) is 0 Å². The van der Waals surface area contributed by atoms with Crippen molar-refractivity contribution in [2.24, 2.45) is 0 Å². The van der Waals surface area contributed by atoms with Crippen LogP contribution < -0.4 is 0 Å². The first kappa shape index (κ1) is 73.3. The van der Waals surface area contributed by atoms with Crippen molar-refractivity contribution in [2.45, 2.75) is 322 Å². The largest absolute Gasteiger partial charge is 0.462 e. The highest BCUT2D eigenvalue weighted by atomic mass is 16.6. The highest BCUT2D eigenvalue weighted by molar-refractivity contribution is 5.71. The molecule has 0 saturated heterocycles. The molecule has 0 aromatic heterocycles. The topological polar surface area (TPSA) is 78.9 Å². The van der Waals surface area contributed by atoms with Gasteiger partial charge < -0.3 is 14.2 Å². The third-order valence-corrected chi connectivity index (χ3v) is 14.1. The number of ether oxygens (including phenoxy) is 3. The first-order valence-corrected chi connectivity index (χ1v) is 32.7. The number of unbranched alkanes of at least 4 members (excludes halogenated alkanes) is 32. The lowest BCUT2D eigenvalue weighted by atomic mass is 10.0. The molecule has 0 radical (unpaired) electrons. The minimum Gasteiger partial charge on any atom is -0.462 e. The third kappa shape index (κ3) is 63.0.